The number of nitrogens with two attached hydrogens (primary N) is 1. The second-order valence-corrected chi connectivity index (χ2v) is 5.93. The van der Waals surface area contributed by atoms with Gasteiger partial charge < -0.3 is 5.73 Å². The second kappa shape index (κ2) is 5.03. The molecular weight excluding hydrogens is 326 g/mol. The molecule has 0 aliphatic heterocycles. The molecule has 0 saturated heterocycles. The SMILES string of the molecule is NC(=O)N(c1cccc(Cl)c1)c1ncc(Br)s1. The second-order valence-electron chi connectivity index (χ2n) is 3.10. The molecule has 1 aromatic heterocycles. The summed E-state index contributed by atoms with van der Waals surface area (Å²) in [6, 6.07) is 6.26. The lowest BCUT2D eigenvalue weighted by atomic mass is 10.3. The van der Waals surface area contributed by atoms with Crippen molar-refractivity contribution in [3.8, 4) is 0 Å². The molecule has 2 aromatic rings. The van der Waals surface area contributed by atoms with Crippen LogP contribution in [0.2, 0.25) is 5.02 Å². The van der Waals surface area contributed by atoms with Crippen molar-refractivity contribution >= 4 is 55.7 Å². The summed E-state index contributed by atoms with van der Waals surface area (Å²) >= 11 is 10.5. The summed E-state index contributed by atoms with van der Waals surface area (Å²) in [5, 5.41) is 1.02. The number of carbonyl (C=O) groups is 1. The van der Waals surface area contributed by atoms with E-state index in [0.717, 1.165) is 3.79 Å². The highest BCUT2D eigenvalue weighted by atomic mass is 79.9. The van der Waals surface area contributed by atoms with Crippen molar-refractivity contribution in [2.45, 2.75) is 0 Å². The van der Waals surface area contributed by atoms with Crippen LogP contribution in [-0.2, 0) is 0 Å². The van der Waals surface area contributed by atoms with Gasteiger partial charge in [0.25, 0.3) is 0 Å². The molecule has 0 atom stereocenters. The fourth-order valence-corrected chi connectivity index (χ4v) is 2.69. The maximum atomic E-state index is 11.5. The van der Waals surface area contributed by atoms with E-state index >= 15 is 0 Å². The fraction of sp³-hybridized carbons (Fsp3) is 0. The van der Waals surface area contributed by atoms with Crippen LogP contribution < -0.4 is 10.6 Å². The van der Waals surface area contributed by atoms with Gasteiger partial charge in [-0.2, -0.15) is 0 Å². The van der Waals surface area contributed by atoms with Crippen molar-refractivity contribution in [2.24, 2.45) is 5.73 Å². The Kier molecular flexibility index (Phi) is 3.66. The first-order chi connectivity index (χ1) is 8.08. The number of benzene rings is 1. The van der Waals surface area contributed by atoms with Crippen LogP contribution in [-0.4, -0.2) is 11.0 Å². The summed E-state index contributed by atoms with van der Waals surface area (Å²) < 4.78 is 0.820. The molecule has 4 nitrogen and oxygen atoms in total. The highest BCUT2D eigenvalue weighted by Crippen LogP contribution is 2.32. The van der Waals surface area contributed by atoms with E-state index in [9.17, 15) is 4.79 Å². The number of nitrogens with zero attached hydrogens (tertiary/aromatic N) is 2. The molecule has 0 radical (unpaired) electrons. The largest absolute Gasteiger partial charge is 0.351 e. The van der Waals surface area contributed by atoms with Gasteiger partial charge in [-0.05, 0) is 34.1 Å². The molecule has 2 N–H and O–H groups in total. The van der Waals surface area contributed by atoms with E-state index in [1.807, 2.05) is 0 Å². The van der Waals surface area contributed by atoms with Crippen molar-refractivity contribution < 1.29 is 4.79 Å². The molecule has 7 heteroatoms. The minimum atomic E-state index is -0.603. The van der Waals surface area contributed by atoms with Gasteiger partial charge in [0.2, 0.25) is 0 Å². The van der Waals surface area contributed by atoms with Gasteiger partial charge in [0.15, 0.2) is 5.13 Å². The lowest BCUT2D eigenvalue weighted by Crippen LogP contribution is -2.31. The molecule has 0 fully saturated rings. The van der Waals surface area contributed by atoms with E-state index in [-0.39, 0.29) is 0 Å². The molecule has 2 rings (SSSR count). The Morgan fingerprint density at radius 3 is 2.82 bits per heavy atom. The molecule has 0 unspecified atom stereocenters. The van der Waals surface area contributed by atoms with Crippen molar-refractivity contribution in [2.75, 3.05) is 4.90 Å². The molecule has 0 aliphatic rings. The summed E-state index contributed by atoms with van der Waals surface area (Å²) in [6.45, 7) is 0. The van der Waals surface area contributed by atoms with E-state index in [1.54, 1.807) is 30.5 Å². The zero-order chi connectivity index (χ0) is 12.4. The number of thiazole rings is 1. The number of rotatable bonds is 2. The number of anilines is 2. The molecule has 0 aliphatic carbocycles. The maximum Gasteiger partial charge on any atom is 0.325 e. The maximum absolute atomic E-state index is 11.5. The number of hydrogen-bond acceptors (Lipinski definition) is 3. The van der Waals surface area contributed by atoms with Crippen molar-refractivity contribution in [1.82, 2.24) is 4.98 Å². The molecule has 2 amide bonds. The van der Waals surface area contributed by atoms with Crippen molar-refractivity contribution in [3.05, 3.63) is 39.3 Å². The number of hydrogen-bond donors (Lipinski definition) is 1. The summed E-state index contributed by atoms with van der Waals surface area (Å²) in [7, 11) is 0. The molecule has 1 aromatic carbocycles. The highest BCUT2D eigenvalue weighted by molar-refractivity contribution is 9.11. The van der Waals surface area contributed by atoms with E-state index in [1.165, 1.54) is 16.2 Å². The zero-order valence-corrected chi connectivity index (χ0v) is 11.6. The average molecular weight is 333 g/mol. The van der Waals surface area contributed by atoms with Crippen LogP contribution in [0.25, 0.3) is 0 Å². The first-order valence-electron chi connectivity index (χ1n) is 4.54. The highest BCUT2D eigenvalue weighted by Gasteiger charge is 2.18. The molecule has 17 heavy (non-hydrogen) atoms. The molecule has 0 bridgehead atoms. The Bertz CT molecular complexity index is 560. The van der Waals surface area contributed by atoms with Gasteiger partial charge in [0.05, 0.1) is 15.7 Å². The lowest BCUT2D eigenvalue weighted by molar-refractivity contribution is 0.256. The third kappa shape index (κ3) is 2.77. The predicted molar refractivity (Wildman–Crippen MR) is 73.0 cm³/mol. The minimum Gasteiger partial charge on any atom is -0.351 e. The Morgan fingerprint density at radius 1 is 1.53 bits per heavy atom. The van der Waals surface area contributed by atoms with Crippen LogP contribution in [0, 0.1) is 0 Å². The standard InChI is InChI=1S/C10H7BrClN3OS/c11-8-5-14-10(17-8)15(9(13)16)7-3-1-2-6(12)4-7/h1-5H,(H2,13,16). The van der Waals surface area contributed by atoms with Gasteiger partial charge in [-0.15, -0.1) is 0 Å². The minimum absolute atomic E-state index is 0.492. The summed E-state index contributed by atoms with van der Waals surface area (Å²) in [4.78, 5) is 16.9. The molecule has 0 saturated carbocycles. The fourth-order valence-electron chi connectivity index (χ4n) is 1.30. The van der Waals surface area contributed by atoms with Gasteiger partial charge >= 0.3 is 6.03 Å². The van der Waals surface area contributed by atoms with Crippen LogP contribution in [0.15, 0.2) is 34.2 Å². The third-order valence-electron chi connectivity index (χ3n) is 1.94. The summed E-state index contributed by atoms with van der Waals surface area (Å²) in [6.07, 6.45) is 1.61. The molecular formula is C10H7BrClN3OS. The number of halogens is 2. The average Bonchev–Trinajstić information content (AvgIpc) is 2.64. The topological polar surface area (TPSA) is 59.2 Å². The van der Waals surface area contributed by atoms with Crippen molar-refractivity contribution in [3.63, 3.8) is 0 Å². The Hall–Kier alpha value is -1.11. The van der Waals surface area contributed by atoms with Gasteiger partial charge in [-0.3, -0.25) is 0 Å². The van der Waals surface area contributed by atoms with Gasteiger partial charge in [0, 0.05) is 5.02 Å². The first kappa shape index (κ1) is 12.3. The smallest absolute Gasteiger partial charge is 0.325 e. The van der Waals surface area contributed by atoms with Crippen LogP contribution in [0.1, 0.15) is 0 Å². The summed E-state index contributed by atoms with van der Waals surface area (Å²) in [5.74, 6) is 0. The monoisotopic (exact) mass is 331 g/mol. The third-order valence-corrected chi connectivity index (χ3v) is 3.64. The van der Waals surface area contributed by atoms with Crippen LogP contribution in [0.4, 0.5) is 15.6 Å². The van der Waals surface area contributed by atoms with Gasteiger partial charge in [-0.25, -0.2) is 14.7 Å². The number of aromatic nitrogens is 1. The van der Waals surface area contributed by atoms with E-state index in [2.05, 4.69) is 20.9 Å². The molecule has 1 heterocycles. The number of amides is 2. The van der Waals surface area contributed by atoms with Crippen molar-refractivity contribution in [1.29, 1.82) is 0 Å². The Labute approximate surface area is 115 Å². The predicted octanol–water partition coefficient (Wildman–Crippen LogP) is 3.78. The van der Waals surface area contributed by atoms with Gasteiger partial charge in [-0.1, -0.05) is 29.0 Å². The van der Waals surface area contributed by atoms with Crippen LogP contribution >= 0.6 is 38.9 Å². The van der Waals surface area contributed by atoms with E-state index in [0.29, 0.717) is 15.8 Å². The Balaban J connectivity index is 2.46. The number of urea groups is 1. The molecule has 88 valence electrons. The quantitative estimate of drug-likeness (QED) is 0.910. The zero-order valence-electron chi connectivity index (χ0n) is 8.43. The summed E-state index contributed by atoms with van der Waals surface area (Å²) in [5.41, 5.74) is 5.95. The normalized spacial score (nSPS) is 10.2. The Morgan fingerprint density at radius 2 is 2.29 bits per heavy atom. The van der Waals surface area contributed by atoms with Crippen LogP contribution in [0.5, 0.6) is 0 Å². The lowest BCUT2D eigenvalue weighted by Gasteiger charge is -2.17. The number of carbonyl (C=O) groups excluding carboxylic acids is 1. The van der Waals surface area contributed by atoms with Crippen LogP contribution in [0.3, 0.4) is 0 Å². The number of primary amides is 1. The van der Waals surface area contributed by atoms with Gasteiger partial charge in [0.1, 0.15) is 0 Å². The first-order valence-corrected chi connectivity index (χ1v) is 6.53. The van der Waals surface area contributed by atoms with E-state index < -0.39 is 6.03 Å². The van der Waals surface area contributed by atoms with E-state index in [4.69, 9.17) is 17.3 Å². The molecule has 0 spiro atoms.